The Kier molecular flexibility index (Phi) is 3.41. The van der Waals surface area contributed by atoms with Gasteiger partial charge in [-0.25, -0.2) is 9.97 Å². The first-order chi connectivity index (χ1) is 10.6. The molecule has 0 N–H and O–H groups in total. The summed E-state index contributed by atoms with van der Waals surface area (Å²) < 4.78 is 1.93. The van der Waals surface area contributed by atoms with Crippen LogP contribution in [0.3, 0.4) is 0 Å². The highest BCUT2D eigenvalue weighted by Gasteiger charge is 2.24. The summed E-state index contributed by atoms with van der Waals surface area (Å²) in [6, 6.07) is 0. The lowest BCUT2D eigenvalue weighted by atomic mass is 9.89. The monoisotopic (exact) mass is 331 g/mol. The van der Waals surface area contributed by atoms with Crippen molar-refractivity contribution in [2.75, 3.05) is 0 Å². The van der Waals surface area contributed by atoms with Crippen molar-refractivity contribution in [2.24, 2.45) is 13.0 Å². The number of thiophene rings is 1. The van der Waals surface area contributed by atoms with Gasteiger partial charge in [0.05, 0.1) is 0 Å². The van der Waals surface area contributed by atoms with Crippen LogP contribution in [0.5, 0.6) is 0 Å². The second-order valence-electron chi connectivity index (χ2n) is 5.93. The first-order valence-electron chi connectivity index (χ1n) is 7.42. The molecule has 0 radical (unpaired) electrons. The maximum absolute atomic E-state index is 4.69. The summed E-state index contributed by atoms with van der Waals surface area (Å²) >= 11 is 3.43. The smallest absolute Gasteiger partial charge is 0.197 e. The predicted molar refractivity (Wildman–Crippen MR) is 88.5 cm³/mol. The van der Waals surface area contributed by atoms with Gasteiger partial charge in [0.15, 0.2) is 5.16 Å². The zero-order valence-corrected chi connectivity index (χ0v) is 14.5. The van der Waals surface area contributed by atoms with Crippen molar-refractivity contribution in [1.29, 1.82) is 0 Å². The Morgan fingerprint density at radius 1 is 1.36 bits per heavy atom. The molecule has 0 spiro atoms. The Morgan fingerprint density at radius 3 is 3.00 bits per heavy atom. The molecular weight excluding hydrogens is 314 g/mol. The van der Waals surface area contributed by atoms with Crippen LogP contribution in [0.2, 0.25) is 0 Å². The molecule has 1 unspecified atom stereocenters. The fourth-order valence-electron chi connectivity index (χ4n) is 2.94. The van der Waals surface area contributed by atoms with Gasteiger partial charge in [0.25, 0.3) is 0 Å². The molecule has 0 saturated heterocycles. The number of nitrogens with zero attached hydrogens (tertiary/aromatic N) is 5. The van der Waals surface area contributed by atoms with Gasteiger partial charge in [0.2, 0.25) is 0 Å². The largest absolute Gasteiger partial charge is 0.311 e. The van der Waals surface area contributed by atoms with Crippen LogP contribution < -0.4 is 0 Å². The van der Waals surface area contributed by atoms with Gasteiger partial charge < -0.3 is 4.57 Å². The summed E-state index contributed by atoms with van der Waals surface area (Å²) in [5, 5.41) is 11.3. The zero-order valence-electron chi connectivity index (χ0n) is 12.8. The van der Waals surface area contributed by atoms with E-state index in [-0.39, 0.29) is 0 Å². The van der Waals surface area contributed by atoms with E-state index in [0.717, 1.165) is 33.2 Å². The number of hydrogen-bond acceptors (Lipinski definition) is 6. The number of hydrogen-bond donors (Lipinski definition) is 0. The van der Waals surface area contributed by atoms with E-state index in [4.69, 9.17) is 4.98 Å². The van der Waals surface area contributed by atoms with Gasteiger partial charge in [-0.2, -0.15) is 0 Å². The third-order valence-corrected chi connectivity index (χ3v) is 6.28. The van der Waals surface area contributed by atoms with Crippen LogP contribution >= 0.6 is 23.1 Å². The second-order valence-corrected chi connectivity index (χ2v) is 7.97. The Morgan fingerprint density at radius 2 is 2.23 bits per heavy atom. The maximum atomic E-state index is 4.69. The topological polar surface area (TPSA) is 56.5 Å². The number of aromatic nitrogens is 5. The van der Waals surface area contributed by atoms with E-state index in [0.29, 0.717) is 0 Å². The molecule has 4 rings (SSSR count). The fourth-order valence-corrected chi connectivity index (χ4v) is 5.38. The molecule has 3 heterocycles. The van der Waals surface area contributed by atoms with Crippen molar-refractivity contribution in [3.63, 3.8) is 0 Å². The first kappa shape index (κ1) is 14.1. The highest BCUT2D eigenvalue weighted by Crippen LogP contribution is 2.41. The first-order valence-corrected chi connectivity index (χ1v) is 9.06. The summed E-state index contributed by atoms with van der Waals surface area (Å²) in [5.74, 6) is 1.59. The van der Waals surface area contributed by atoms with E-state index in [1.165, 1.54) is 28.7 Å². The van der Waals surface area contributed by atoms with Gasteiger partial charge in [-0.3, -0.25) is 0 Å². The van der Waals surface area contributed by atoms with E-state index in [9.17, 15) is 0 Å². The van der Waals surface area contributed by atoms with Gasteiger partial charge >= 0.3 is 0 Å². The molecule has 114 valence electrons. The SMILES string of the molecule is Cc1nc(Sc2nncn2C)c2c3c(sc2n1)CC(C)CC3. The van der Waals surface area contributed by atoms with Gasteiger partial charge in [-0.1, -0.05) is 6.92 Å². The van der Waals surface area contributed by atoms with Crippen molar-refractivity contribution in [2.45, 2.75) is 43.3 Å². The second kappa shape index (κ2) is 5.31. The molecule has 22 heavy (non-hydrogen) atoms. The van der Waals surface area contributed by atoms with Gasteiger partial charge in [-0.05, 0) is 49.4 Å². The molecule has 0 aliphatic heterocycles. The number of rotatable bonds is 2. The summed E-state index contributed by atoms with van der Waals surface area (Å²) in [6.07, 6.45) is 5.28. The van der Waals surface area contributed by atoms with Crippen molar-refractivity contribution < 1.29 is 0 Å². The van der Waals surface area contributed by atoms with Crippen LogP contribution in [0, 0.1) is 12.8 Å². The Balaban J connectivity index is 1.88. The van der Waals surface area contributed by atoms with Crippen molar-refractivity contribution in [1.82, 2.24) is 24.7 Å². The minimum absolute atomic E-state index is 0.768. The molecule has 0 fully saturated rings. The van der Waals surface area contributed by atoms with Gasteiger partial charge in [-0.15, -0.1) is 21.5 Å². The molecule has 1 aliphatic carbocycles. The van der Waals surface area contributed by atoms with Crippen molar-refractivity contribution in [3.8, 4) is 0 Å². The van der Waals surface area contributed by atoms with Gasteiger partial charge in [0.1, 0.15) is 22.0 Å². The lowest BCUT2D eigenvalue weighted by Gasteiger charge is -2.18. The van der Waals surface area contributed by atoms with E-state index in [1.54, 1.807) is 18.1 Å². The summed E-state index contributed by atoms with van der Waals surface area (Å²) in [4.78, 5) is 12.0. The minimum atomic E-state index is 0.768. The van der Waals surface area contributed by atoms with E-state index >= 15 is 0 Å². The average Bonchev–Trinajstić information content (AvgIpc) is 3.01. The number of fused-ring (bicyclic) bond motifs is 3. The lowest BCUT2D eigenvalue weighted by molar-refractivity contribution is 0.509. The fraction of sp³-hybridized carbons (Fsp3) is 0.467. The van der Waals surface area contributed by atoms with E-state index in [2.05, 4.69) is 22.1 Å². The number of aryl methyl sites for hydroxylation is 3. The standard InChI is InChI=1S/C15H17N5S2/c1-8-4-5-10-11(6-8)21-13-12(10)14(18-9(2)17-13)22-15-19-16-7-20(15)3/h7-8H,4-6H2,1-3H3. The molecule has 0 saturated carbocycles. The molecule has 3 aromatic rings. The van der Waals surface area contributed by atoms with Crippen LogP contribution in [-0.2, 0) is 19.9 Å². The normalized spacial score (nSPS) is 17.9. The highest BCUT2D eigenvalue weighted by molar-refractivity contribution is 7.99. The lowest BCUT2D eigenvalue weighted by Crippen LogP contribution is -2.08. The molecule has 1 aliphatic rings. The molecule has 5 nitrogen and oxygen atoms in total. The van der Waals surface area contributed by atoms with Crippen LogP contribution in [0.15, 0.2) is 16.5 Å². The summed E-state index contributed by atoms with van der Waals surface area (Å²) in [6.45, 7) is 4.29. The molecule has 0 amide bonds. The Hall–Kier alpha value is -1.47. The molecule has 0 aromatic carbocycles. The maximum Gasteiger partial charge on any atom is 0.197 e. The third kappa shape index (κ3) is 2.32. The van der Waals surface area contributed by atoms with Crippen molar-refractivity contribution >= 4 is 33.3 Å². The summed E-state index contributed by atoms with van der Waals surface area (Å²) in [7, 11) is 1.96. The Bertz CT molecular complexity index is 851. The zero-order chi connectivity index (χ0) is 15.3. The predicted octanol–water partition coefficient (Wildman–Crippen LogP) is 3.40. The quantitative estimate of drug-likeness (QED) is 0.674. The Labute approximate surface area is 137 Å². The van der Waals surface area contributed by atoms with Crippen LogP contribution in [0.4, 0.5) is 0 Å². The molecule has 7 heteroatoms. The summed E-state index contributed by atoms with van der Waals surface area (Å²) in [5.41, 5.74) is 1.46. The van der Waals surface area contributed by atoms with Crippen LogP contribution in [0.1, 0.15) is 29.6 Å². The highest BCUT2D eigenvalue weighted by atomic mass is 32.2. The third-order valence-electron chi connectivity index (χ3n) is 4.09. The molecular formula is C15H17N5S2. The van der Waals surface area contributed by atoms with Gasteiger partial charge in [0, 0.05) is 17.3 Å². The molecule has 3 aromatic heterocycles. The molecule has 1 atom stereocenters. The van der Waals surface area contributed by atoms with Crippen LogP contribution in [-0.4, -0.2) is 24.7 Å². The molecule has 0 bridgehead atoms. The minimum Gasteiger partial charge on any atom is -0.311 e. The van der Waals surface area contributed by atoms with E-state index < -0.39 is 0 Å². The van der Waals surface area contributed by atoms with Crippen LogP contribution in [0.25, 0.3) is 10.2 Å². The average molecular weight is 331 g/mol. The van der Waals surface area contributed by atoms with Crippen molar-refractivity contribution in [3.05, 3.63) is 22.6 Å². The van der Waals surface area contributed by atoms with E-state index in [1.807, 2.05) is 29.9 Å².